The first-order chi connectivity index (χ1) is 15.5. The van der Waals surface area contributed by atoms with Gasteiger partial charge in [-0.1, -0.05) is 64.4 Å². The molecule has 0 atom stereocenters. The number of rotatable bonds is 6. The molecule has 0 unspecified atom stereocenters. The number of benzene rings is 2. The number of hydrogen-bond acceptors (Lipinski definition) is 6. The Kier molecular flexibility index (Phi) is 6.67. The van der Waals surface area contributed by atoms with Crippen molar-refractivity contribution in [1.82, 2.24) is 5.27 Å². The van der Waals surface area contributed by atoms with E-state index in [1.807, 2.05) is 55.5 Å². The molecule has 0 aliphatic carbocycles. The molecule has 1 aliphatic heterocycles. The van der Waals surface area contributed by atoms with Crippen LogP contribution in [0.4, 0.5) is 11.6 Å². The fourth-order valence-corrected chi connectivity index (χ4v) is 3.93. The molecule has 2 aromatic carbocycles. The monoisotopic (exact) mass is 468 g/mol. The Labute approximate surface area is 193 Å². The summed E-state index contributed by atoms with van der Waals surface area (Å²) in [6.45, 7) is 2.53. The first-order valence-electron chi connectivity index (χ1n) is 9.78. The van der Waals surface area contributed by atoms with Gasteiger partial charge in [0.05, 0.1) is 11.4 Å². The number of amidine groups is 1. The number of halogens is 1. The SMILES string of the molecule is CC[n+]1cc(NC(=O)CSC2=N/C(=C/c3ccccc3Cl)C(=O)N2c2ccccc2)on1. The van der Waals surface area contributed by atoms with Gasteiger partial charge in [-0.15, -0.1) is 0 Å². The molecule has 0 saturated carbocycles. The highest BCUT2D eigenvalue weighted by Gasteiger charge is 2.32. The van der Waals surface area contributed by atoms with Gasteiger partial charge >= 0.3 is 5.88 Å². The summed E-state index contributed by atoms with van der Waals surface area (Å²) in [6.07, 6.45) is 3.24. The molecule has 2 heterocycles. The molecule has 3 aromatic rings. The standard InChI is InChI=1S/C22H18ClN5O3S/c1-2-27-13-20(31-26-27)25-19(29)14-32-22-24-18(12-15-8-6-7-11-17(15)23)21(30)28(22)16-9-4-3-5-10-16/h3-13H,2,14H2,1H3/p+1/b18-12+. The summed E-state index contributed by atoms with van der Waals surface area (Å²) in [7, 11) is 0. The molecule has 10 heteroatoms. The van der Waals surface area contributed by atoms with Crippen LogP contribution in [0.15, 0.2) is 76.0 Å². The number of nitrogens with zero attached hydrogens (tertiary/aromatic N) is 4. The van der Waals surface area contributed by atoms with Crippen LogP contribution in [0.3, 0.4) is 0 Å². The summed E-state index contributed by atoms with van der Waals surface area (Å²) in [6, 6.07) is 16.4. The van der Waals surface area contributed by atoms with Gasteiger partial charge in [0, 0.05) is 5.02 Å². The lowest BCUT2D eigenvalue weighted by molar-refractivity contribution is -0.759. The van der Waals surface area contributed by atoms with E-state index in [2.05, 4.69) is 15.6 Å². The molecule has 0 radical (unpaired) electrons. The van der Waals surface area contributed by atoms with E-state index >= 15 is 0 Å². The van der Waals surface area contributed by atoms with Crippen molar-refractivity contribution in [3.63, 3.8) is 0 Å². The minimum absolute atomic E-state index is 0.0294. The summed E-state index contributed by atoms with van der Waals surface area (Å²) in [5.41, 5.74) is 1.59. The summed E-state index contributed by atoms with van der Waals surface area (Å²) in [4.78, 5) is 31.5. The van der Waals surface area contributed by atoms with Crippen LogP contribution in [0.2, 0.25) is 5.02 Å². The van der Waals surface area contributed by atoms with Crippen molar-refractivity contribution in [2.75, 3.05) is 16.0 Å². The molecule has 1 aromatic heterocycles. The lowest BCUT2D eigenvalue weighted by Crippen LogP contribution is -2.33. The lowest BCUT2D eigenvalue weighted by Gasteiger charge is -2.17. The van der Waals surface area contributed by atoms with Gasteiger partial charge in [-0.25, -0.2) is 4.99 Å². The predicted octanol–water partition coefficient (Wildman–Crippen LogP) is 3.75. The van der Waals surface area contributed by atoms with E-state index in [4.69, 9.17) is 16.1 Å². The number of anilines is 2. The van der Waals surface area contributed by atoms with E-state index < -0.39 is 0 Å². The highest BCUT2D eigenvalue weighted by molar-refractivity contribution is 8.14. The van der Waals surface area contributed by atoms with Gasteiger partial charge in [0.15, 0.2) is 11.7 Å². The first kappa shape index (κ1) is 21.8. The quantitative estimate of drug-likeness (QED) is 0.439. The van der Waals surface area contributed by atoms with E-state index in [1.165, 1.54) is 4.90 Å². The van der Waals surface area contributed by atoms with Gasteiger partial charge in [-0.05, 0) is 36.8 Å². The zero-order valence-corrected chi connectivity index (χ0v) is 18.6. The largest absolute Gasteiger partial charge is 0.302 e. The Balaban J connectivity index is 1.55. The maximum absolute atomic E-state index is 13.2. The maximum atomic E-state index is 13.2. The molecular formula is C22H19ClN5O3S+. The van der Waals surface area contributed by atoms with Crippen molar-refractivity contribution >= 4 is 58.0 Å². The number of carbonyl (C=O) groups excluding carboxylic acids is 2. The number of aliphatic imine (C=N–C) groups is 1. The van der Waals surface area contributed by atoms with Crippen LogP contribution in [-0.2, 0) is 16.1 Å². The second-order valence-electron chi connectivity index (χ2n) is 6.68. The van der Waals surface area contributed by atoms with Crippen molar-refractivity contribution < 1.29 is 18.8 Å². The molecule has 0 spiro atoms. The number of amides is 2. The maximum Gasteiger partial charge on any atom is 0.302 e. The third kappa shape index (κ3) is 4.90. The van der Waals surface area contributed by atoms with E-state index in [0.717, 1.165) is 11.8 Å². The average Bonchev–Trinajstić information content (AvgIpc) is 3.38. The molecule has 162 valence electrons. The molecule has 4 rings (SSSR count). The fourth-order valence-electron chi connectivity index (χ4n) is 2.92. The van der Waals surface area contributed by atoms with Gasteiger partial charge in [-0.3, -0.25) is 24.3 Å². The molecule has 32 heavy (non-hydrogen) atoms. The Hall–Kier alpha value is -3.43. The Morgan fingerprint density at radius 1 is 1.22 bits per heavy atom. The van der Waals surface area contributed by atoms with Crippen molar-refractivity contribution in [3.05, 3.63) is 77.1 Å². The number of aryl methyl sites for hydroxylation is 1. The third-order valence-electron chi connectivity index (χ3n) is 4.47. The van der Waals surface area contributed by atoms with Gasteiger partial charge in [0.25, 0.3) is 12.1 Å². The number of nitrogens with one attached hydrogen (secondary N) is 1. The molecule has 0 bridgehead atoms. The highest BCUT2D eigenvalue weighted by atomic mass is 35.5. The summed E-state index contributed by atoms with van der Waals surface area (Å²) < 4.78 is 6.62. The first-order valence-corrected chi connectivity index (χ1v) is 11.1. The average molecular weight is 469 g/mol. The van der Waals surface area contributed by atoms with E-state index in [9.17, 15) is 9.59 Å². The van der Waals surface area contributed by atoms with Crippen LogP contribution in [0, 0.1) is 0 Å². The Morgan fingerprint density at radius 2 is 1.97 bits per heavy atom. The highest BCUT2D eigenvalue weighted by Crippen LogP contribution is 2.30. The molecule has 1 N–H and O–H groups in total. The number of para-hydroxylation sites is 1. The predicted molar refractivity (Wildman–Crippen MR) is 124 cm³/mol. The molecule has 0 fully saturated rings. The molecule has 2 amide bonds. The number of carbonyl (C=O) groups is 2. The van der Waals surface area contributed by atoms with E-state index in [0.29, 0.717) is 28.0 Å². The Morgan fingerprint density at radius 3 is 2.69 bits per heavy atom. The van der Waals surface area contributed by atoms with Crippen LogP contribution < -0.4 is 14.9 Å². The lowest BCUT2D eigenvalue weighted by atomic mass is 10.2. The second-order valence-corrected chi connectivity index (χ2v) is 8.03. The normalized spacial score (nSPS) is 14.7. The number of aromatic nitrogens is 2. The van der Waals surface area contributed by atoms with Gasteiger partial charge in [-0.2, -0.15) is 0 Å². The number of thioether (sulfide) groups is 1. The van der Waals surface area contributed by atoms with Crippen LogP contribution in [0.1, 0.15) is 12.5 Å². The zero-order valence-electron chi connectivity index (χ0n) is 17.1. The molecular weight excluding hydrogens is 450 g/mol. The van der Waals surface area contributed by atoms with Crippen molar-refractivity contribution in [1.29, 1.82) is 0 Å². The second kappa shape index (κ2) is 9.80. The molecule has 1 aliphatic rings. The third-order valence-corrected chi connectivity index (χ3v) is 5.75. The topological polar surface area (TPSA) is 91.7 Å². The summed E-state index contributed by atoms with van der Waals surface area (Å²) >= 11 is 7.39. The van der Waals surface area contributed by atoms with Gasteiger partial charge in [0.2, 0.25) is 11.2 Å². The van der Waals surface area contributed by atoms with Crippen LogP contribution in [-0.4, -0.2) is 28.0 Å². The summed E-state index contributed by atoms with van der Waals surface area (Å²) in [5, 5.41) is 7.33. The fraction of sp³-hybridized carbons (Fsp3) is 0.136. The smallest absolute Gasteiger partial charge is 0.288 e. The van der Waals surface area contributed by atoms with Crippen LogP contribution in [0.25, 0.3) is 6.08 Å². The molecule has 0 saturated heterocycles. The van der Waals surface area contributed by atoms with E-state index in [-0.39, 0.29) is 29.1 Å². The molecule has 8 nitrogen and oxygen atoms in total. The minimum Gasteiger partial charge on any atom is -0.288 e. The van der Waals surface area contributed by atoms with Crippen molar-refractivity contribution in [2.24, 2.45) is 4.99 Å². The van der Waals surface area contributed by atoms with Crippen LogP contribution in [0.5, 0.6) is 0 Å². The van der Waals surface area contributed by atoms with Crippen molar-refractivity contribution in [2.45, 2.75) is 13.5 Å². The van der Waals surface area contributed by atoms with E-state index in [1.54, 1.807) is 23.0 Å². The van der Waals surface area contributed by atoms with Crippen LogP contribution >= 0.6 is 23.4 Å². The van der Waals surface area contributed by atoms with Crippen molar-refractivity contribution in [3.8, 4) is 0 Å². The summed E-state index contributed by atoms with van der Waals surface area (Å²) in [5.74, 6) is -0.317. The zero-order chi connectivity index (χ0) is 22.5. The van der Waals surface area contributed by atoms with Gasteiger partial charge in [0.1, 0.15) is 5.70 Å². The number of hydrogen-bond donors (Lipinski definition) is 1. The minimum atomic E-state index is -0.305. The Bertz CT molecular complexity index is 1210. The van der Waals surface area contributed by atoms with Gasteiger partial charge < -0.3 is 0 Å².